The van der Waals surface area contributed by atoms with Crippen LogP contribution >= 0.6 is 11.3 Å². The van der Waals surface area contributed by atoms with E-state index in [0.29, 0.717) is 10.9 Å². The lowest BCUT2D eigenvalue weighted by molar-refractivity contribution is 0.0691. The summed E-state index contributed by atoms with van der Waals surface area (Å²) in [5, 5.41) is 11.2. The van der Waals surface area contributed by atoms with Crippen LogP contribution in [0.25, 0.3) is 10.6 Å². The fourth-order valence-electron chi connectivity index (χ4n) is 2.67. The molecule has 1 heterocycles. The molecule has 3 aromatic rings. The third kappa shape index (κ3) is 3.88. The molecule has 0 radical (unpaired) electrons. The van der Waals surface area contributed by atoms with Crippen LogP contribution in [0.1, 0.15) is 41.4 Å². The maximum atomic E-state index is 10.9. The highest BCUT2D eigenvalue weighted by Gasteiger charge is 2.10. The third-order valence-corrected chi connectivity index (χ3v) is 4.81. The van der Waals surface area contributed by atoms with E-state index in [1.807, 2.05) is 36.4 Å². The Hall–Kier alpha value is -2.66. The lowest BCUT2D eigenvalue weighted by Gasteiger charge is -2.12. The normalized spacial score (nSPS) is 10.9. The van der Waals surface area contributed by atoms with Crippen LogP contribution in [0.5, 0.6) is 11.5 Å². The predicted octanol–water partition coefficient (Wildman–Crippen LogP) is 5.73. The Kier molecular flexibility index (Phi) is 4.86. The lowest BCUT2D eigenvalue weighted by atomic mass is 9.98. The zero-order chi connectivity index (χ0) is 18.0. The fourth-order valence-corrected chi connectivity index (χ4v) is 3.47. The molecule has 0 atom stereocenters. The topological polar surface area (TPSA) is 59.4 Å². The molecule has 128 valence electrons. The van der Waals surface area contributed by atoms with Crippen molar-refractivity contribution in [2.24, 2.45) is 0 Å². The zero-order valence-corrected chi connectivity index (χ0v) is 15.1. The quantitative estimate of drug-likeness (QED) is 0.636. The van der Waals surface area contributed by atoms with Crippen LogP contribution in [0.3, 0.4) is 0 Å². The van der Waals surface area contributed by atoms with Gasteiger partial charge in [0.1, 0.15) is 16.5 Å². The molecule has 0 amide bonds. The number of benzene rings is 2. The van der Waals surface area contributed by atoms with Crippen LogP contribution in [0.4, 0.5) is 0 Å². The van der Waals surface area contributed by atoms with Gasteiger partial charge in [-0.2, -0.15) is 0 Å². The Morgan fingerprint density at radius 3 is 2.36 bits per heavy atom. The smallest absolute Gasteiger partial charge is 0.355 e. The summed E-state index contributed by atoms with van der Waals surface area (Å²) in [6.07, 6.45) is 0. The summed E-state index contributed by atoms with van der Waals surface area (Å²) in [5.74, 6) is 1.01. The average molecular weight is 353 g/mol. The maximum Gasteiger partial charge on any atom is 0.355 e. The number of rotatable bonds is 5. The van der Waals surface area contributed by atoms with Gasteiger partial charge in [-0.05, 0) is 60.4 Å². The molecule has 5 heteroatoms. The van der Waals surface area contributed by atoms with E-state index in [2.05, 4.69) is 31.8 Å². The molecule has 3 rings (SSSR count). The lowest BCUT2D eigenvalue weighted by Crippen LogP contribution is -1.95. The molecule has 4 nitrogen and oxygen atoms in total. The van der Waals surface area contributed by atoms with Crippen LogP contribution in [0.15, 0.2) is 47.8 Å². The van der Waals surface area contributed by atoms with E-state index >= 15 is 0 Å². The van der Waals surface area contributed by atoms with Crippen LogP contribution in [0, 0.1) is 6.92 Å². The molecule has 0 aliphatic rings. The van der Waals surface area contributed by atoms with E-state index in [0.717, 1.165) is 17.1 Å². The van der Waals surface area contributed by atoms with Gasteiger partial charge in [-0.15, -0.1) is 11.3 Å². The largest absolute Gasteiger partial charge is 0.476 e. The molecular formula is C20H19NO3S. The summed E-state index contributed by atoms with van der Waals surface area (Å²) in [7, 11) is 0. The van der Waals surface area contributed by atoms with Crippen molar-refractivity contribution in [2.45, 2.75) is 26.7 Å². The van der Waals surface area contributed by atoms with Crippen molar-refractivity contribution < 1.29 is 14.6 Å². The van der Waals surface area contributed by atoms with E-state index in [-0.39, 0.29) is 5.69 Å². The summed E-state index contributed by atoms with van der Waals surface area (Å²) in [6.45, 7) is 6.44. The van der Waals surface area contributed by atoms with Crippen molar-refractivity contribution in [2.75, 3.05) is 0 Å². The van der Waals surface area contributed by atoms with Crippen molar-refractivity contribution in [1.29, 1.82) is 0 Å². The number of hydrogen-bond donors (Lipinski definition) is 1. The highest BCUT2D eigenvalue weighted by Crippen LogP contribution is 2.30. The van der Waals surface area contributed by atoms with Gasteiger partial charge in [0.25, 0.3) is 0 Å². The second-order valence-corrected chi connectivity index (χ2v) is 7.00. The first kappa shape index (κ1) is 17.2. The first-order valence-electron chi connectivity index (χ1n) is 8.01. The fraction of sp³-hybridized carbons (Fsp3) is 0.200. The minimum absolute atomic E-state index is 0.0704. The van der Waals surface area contributed by atoms with E-state index in [1.165, 1.54) is 22.5 Å². The average Bonchev–Trinajstić information content (AvgIpc) is 3.05. The number of ether oxygens (including phenoxy) is 1. The Morgan fingerprint density at radius 1 is 1.12 bits per heavy atom. The summed E-state index contributed by atoms with van der Waals surface area (Å²) in [5.41, 5.74) is 3.48. The number of carboxylic acids is 1. The number of nitrogens with zero attached hydrogens (tertiary/aromatic N) is 1. The predicted molar refractivity (Wildman–Crippen MR) is 99.9 cm³/mol. The van der Waals surface area contributed by atoms with Gasteiger partial charge in [0.2, 0.25) is 0 Å². The zero-order valence-electron chi connectivity index (χ0n) is 14.3. The number of carbonyl (C=O) groups is 1. The minimum atomic E-state index is -1.01. The van der Waals surface area contributed by atoms with Gasteiger partial charge in [-0.3, -0.25) is 0 Å². The van der Waals surface area contributed by atoms with Crippen molar-refractivity contribution in [3.05, 3.63) is 64.7 Å². The van der Waals surface area contributed by atoms with Gasteiger partial charge in [0.15, 0.2) is 5.69 Å². The Morgan fingerprint density at radius 2 is 1.80 bits per heavy atom. The molecular weight excluding hydrogens is 334 g/mol. The highest BCUT2D eigenvalue weighted by molar-refractivity contribution is 7.13. The minimum Gasteiger partial charge on any atom is -0.476 e. The summed E-state index contributed by atoms with van der Waals surface area (Å²) in [6, 6.07) is 13.6. The van der Waals surface area contributed by atoms with E-state index in [4.69, 9.17) is 9.84 Å². The molecule has 0 unspecified atom stereocenters. The Labute approximate surface area is 150 Å². The van der Waals surface area contributed by atoms with Crippen molar-refractivity contribution in [1.82, 2.24) is 4.98 Å². The summed E-state index contributed by atoms with van der Waals surface area (Å²) >= 11 is 1.31. The monoisotopic (exact) mass is 353 g/mol. The molecule has 0 aliphatic heterocycles. The van der Waals surface area contributed by atoms with E-state index in [1.54, 1.807) is 5.38 Å². The van der Waals surface area contributed by atoms with Gasteiger partial charge in [0.05, 0.1) is 0 Å². The highest BCUT2D eigenvalue weighted by atomic mass is 32.1. The van der Waals surface area contributed by atoms with Gasteiger partial charge < -0.3 is 9.84 Å². The van der Waals surface area contributed by atoms with Crippen LogP contribution in [-0.2, 0) is 0 Å². The number of aryl methyl sites for hydroxylation is 1. The number of carboxylic acid groups (broad SMARTS) is 1. The van der Waals surface area contributed by atoms with E-state index < -0.39 is 5.97 Å². The van der Waals surface area contributed by atoms with Crippen LogP contribution in [0.2, 0.25) is 0 Å². The summed E-state index contributed by atoms with van der Waals surface area (Å²) < 4.78 is 5.92. The summed E-state index contributed by atoms with van der Waals surface area (Å²) in [4.78, 5) is 15.0. The maximum absolute atomic E-state index is 10.9. The number of aromatic nitrogens is 1. The van der Waals surface area contributed by atoms with Gasteiger partial charge >= 0.3 is 5.97 Å². The third-order valence-electron chi connectivity index (χ3n) is 3.92. The van der Waals surface area contributed by atoms with Crippen molar-refractivity contribution in [3.63, 3.8) is 0 Å². The van der Waals surface area contributed by atoms with Crippen LogP contribution < -0.4 is 4.74 Å². The van der Waals surface area contributed by atoms with E-state index in [9.17, 15) is 4.79 Å². The number of aromatic carboxylic acids is 1. The molecule has 1 N–H and O–H groups in total. The first-order valence-corrected chi connectivity index (χ1v) is 8.89. The number of thiazole rings is 1. The standard InChI is InChI=1S/C20H19NO3S/c1-12(2)17-9-8-16(10-13(17)3)24-15-6-4-14(5-7-15)19-21-18(11-25-19)20(22)23/h4-12H,1-3H3,(H,22,23). The van der Waals surface area contributed by atoms with Crippen molar-refractivity contribution >= 4 is 17.3 Å². The molecule has 0 saturated carbocycles. The molecule has 0 fully saturated rings. The molecule has 0 bridgehead atoms. The SMILES string of the molecule is Cc1cc(Oc2ccc(-c3nc(C(=O)O)cs3)cc2)ccc1C(C)C. The van der Waals surface area contributed by atoms with Gasteiger partial charge in [-0.25, -0.2) is 9.78 Å². The number of hydrogen-bond acceptors (Lipinski definition) is 4. The first-order chi connectivity index (χ1) is 11.9. The Balaban J connectivity index is 1.76. The second-order valence-electron chi connectivity index (χ2n) is 6.14. The van der Waals surface area contributed by atoms with Gasteiger partial charge in [0, 0.05) is 10.9 Å². The van der Waals surface area contributed by atoms with Crippen LogP contribution in [-0.4, -0.2) is 16.1 Å². The Bertz CT molecular complexity index is 898. The molecule has 0 aliphatic carbocycles. The molecule has 0 saturated heterocycles. The molecule has 25 heavy (non-hydrogen) atoms. The second kappa shape index (κ2) is 7.07. The molecule has 2 aromatic carbocycles. The van der Waals surface area contributed by atoms with Gasteiger partial charge in [-0.1, -0.05) is 19.9 Å². The van der Waals surface area contributed by atoms with Crippen molar-refractivity contribution in [3.8, 4) is 22.1 Å². The molecule has 0 spiro atoms. The molecule has 1 aromatic heterocycles.